The summed E-state index contributed by atoms with van der Waals surface area (Å²) >= 11 is 0. The largest absolute Gasteiger partial charge is 0.481 e. The second kappa shape index (κ2) is 8.46. The van der Waals surface area contributed by atoms with Gasteiger partial charge in [0, 0.05) is 18.1 Å². The number of benzene rings is 1. The van der Waals surface area contributed by atoms with Crippen molar-refractivity contribution in [3.8, 4) is 0 Å². The number of rotatable bonds is 8. The van der Waals surface area contributed by atoms with E-state index >= 15 is 0 Å². The predicted octanol–water partition coefficient (Wildman–Crippen LogP) is 4.79. The van der Waals surface area contributed by atoms with E-state index in [1.807, 2.05) is 13.0 Å². The van der Waals surface area contributed by atoms with Gasteiger partial charge in [0.1, 0.15) is 11.6 Å². The summed E-state index contributed by atoms with van der Waals surface area (Å²) in [7, 11) is 0. The smallest absolute Gasteiger partial charge is 0.303 e. The quantitative estimate of drug-likeness (QED) is 0.696. The first kappa shape index (κ1) is 16.3. The molecule has 0 aliphatic heterocycles. The van der Waals surface area contributed by atoms with Crippen LogP contribution in [0.4, 0.5) is 8.78 Å². The maximum Gasteiger partial charge on any atom is 0.303 e. The van der Waals surface area contributed by atoms with Crippen molar-refractivity contribution in [3.63, 3.8) is 0 Å². The number of unbranched alkanes of at least 4 members (excludes halogenated alkanes) is 2. The average Bonchev–Trinajstić information content (AvgIpc) is 2.37. The van der Waals surface area contributed by atoms with Crippen LogP contribution in [-0.2, 0) is 4.79 Å². The molecule has 1 aromatic carbocycles. The van der Waals surface area contributed by atoms with Gasteiger partial charge in [0.15, 0.2) is 0 Å². The van der Waals surface area contributed by atoms with E-state index in [0.717, 1.165) is 30.9 Å². The molecule has 4 heteroatoms. The van der Waals surface area contributed by atoms with Crippen molar-refractivity contribution in [2.24, 2.45) is 0 Å². The molecule has 0 heterocycles. The lowest BCUT2D eigenvalue weighted by atomic mass is 9.98. The molecule has 0 amide bonds. The molecule has 0 aliphatic carbocycles. The summed E-state index contributed by atoms with van der Waals surface area (Å²) in [5.41, 5.74) is 1.30. The van der Waals surface area contributed by atoms with Crippen LogP contribution in [0.15, 0.2) is 24.3 Å². The number of carboxylic acids is 1. The number of carboxylic acid groups (broad SMARTS) is 1. The zero-order chi connectivity index (χ0) is 15.0. The molecule has 0 aromatic heterocycles. The topological polar surface area (TPSA) is 37.3 Å². The lowest BCUT2D eigenvalue weighted by Gasteiger charge is -2.08. The SMILES string of the molecule is CCCC(=CCCCCC(=O)O)c1ccc(F)cc1F. The third-order valence-electron chi connectivity index (χ3n) is 3.03. The maximum atomic E-state index is 13.7. The minimum absolute atomic E-state index is 0.155. The van der Waals surface area contributed by atoms with Gasteiger partial charge in [0.2, 0.25) is 0 Å². The van der Waals surface area contributed by atoms with Crippen molar-refractivity contribution in [2.45, 2.75) is 45.4 Å². The van der Waals surface area contributed by atoms with Gasteiger partial charge >= 0.3 is 5.97 Å². The van der Waals surface area contributed by atoms with Crippen LogP contribution in [0.5, 0.6) is 0 Å². The van der Waals surface area contributed by atoms with Crippen molar-refractivity contribution in [1.29, 1.82) is 0 Å². The molecule has 2 nitrogen and oxygen atoms in total. The monoisotopic (exact) mass is 282 g/mol. The van der Waals surface area contributed by atoms with Crippen molar-refractivity contribution in [1.82, 2.24) is 0 Å². The van der Waals surface area contributed by atoms with Gasteiger partial charge in [-0.1, -0.05) is 19.4 Å². The Bertz CT molecular complexity index is 481. The summed E-state index contributed by atoms with van der Waals surface area (Å²) in [6.45, 7) is 2.00. The normalized spacial score (nSPS) is 11.7. The van der Waals surface area contributed by atoms with E-state index in [2.05, 4.69) is 0 Å². The molecule has 0 saturated heterocycles. The van der Waals surface area contributed by atoms with Gasteiger partial charge in [-0.05, 0) is 43.4 Å². The van der Waals surface area contributed by atoms with Crippen LogP contribution in [0.25, 0.3) is 5.57 Å². The highest BCUT2D eigenvalue weighted by molar-refractivity contribution is 5.67. The highest BCUT2D eigenvalue weighted by Gasteiger charge is 2.08. The summed E-state index contributed by atoms with van der Waals surface area (Å²) in [6, 6.07) is 3.61. The van der Waals surface area contributed by atoms with Gasteiger partial charge in [-0.15, -0.1) is 0 Å². The Balaban J connectivity index is 2.69. The van der Waals surface area contributed by atoms with E-state index in [1.165, 1.54) is 12.1 Å². The summed E-state index contributed by atoms with van der Waals surface area (Å²) in [6.07, 6.45) is 5.75. The number of hydrogen-bond donors (Lipinski definition) is 1. The lowest BCUT2D eigenvalue weighted by molar-refractivity contribution is -0.137. The standard InChI is InChI=1S/C16H20F2O2/c1-2-6-12(7-4-3-5-8-16(19)20)14-10-9-13(17)11-15(14)18/h7,9-11H,2-6,8H2,1H3,(H,19,20). The molecule has 0 fully saturated rings. The molecule has 0 atom stereocenters. The van der Waals surface area contributed by atoms with Crippen LogP contribution in [0, 0.1) is 11.6 Å². The van der Waals surface area contributed by atoms with E-state index < -0.39 is 17.6 Å². The summed E-state index contributed by atoms with van der Waals surface area (Å²) < 4.78 is 26.7. The Morgan fingerprint density at radius 1 is 1.25 bits per heavy atom. The molecular weight excluding hydrogens is 262 g/mol. The molecule has 0 bridgehead atoms. The number of carbonyl (C=O) groups is 1. The predicted molar refractivity (Wildman–Crippen MR) is 75.3 cm³/mol. The molecule has 1 rings (SSSR count). The molecule has 1 N–H and O–H groups in total. The van der Waals surface area contributed by atoms with Gasteiger partial charge in [0.05, 0.1) is 0 Å². The van der Waals surface area contributed by atoms with Crippen LogP contribution in [-0.4, -0.2) is 11.1 Å². The Kier molecular flexibility index (Phi) is 6.91. The van der Waals surface area contributed by atoms with Gasteiger partial charge in [-0.25, -0.2) is 8.78 Å². The highest BCUT2D eigenvalue weighted by Crippen LogP contribution is 2.24. The average molecular weight is 282 g/mol. The van der Waals surface area contributed by atoms with Crippen LogP contribution in [0.1, 0.15) is 51.0 Å². The highest BCUT2D eigenvalue weighted by atomic mass is 19.1. The van der Waals surface area contributed by atoms with E-state index in [-0.39, 0.29) is 6.42 Å². The molecule has 1 aromatic rings. The van der Waals surface area contributed by atoms with Crippen molar-refractivity contribution in [3.05, 3.63) is 41.5 Å². The zero-order valence-electron chi connectivity index (χ0n) is 11.7. The fourth-order valence-corrected chi connectivity index (χ4v) is 2.06. The molecule has 0 radical (unpaired) electrons. The Morgan fingerprint density at radius 2 is 2.00 bits per heavy atom. The number of allylic oxidation sites excluding steroid dienone is 2. The molecular formula is C16H20F2O2. The third kappa shape index (κ3) is 5.51. The second-order valence-corrected chi connectivity index (χ2v) is 4.74. The van der Waals surface area contributed by atoms with E-state index in [0.29, 0.717) is 18.4 Å². The van der Waals surface area contributed by atoms with Crippen LogP contribution < -0.4 is 0 Å². The van der Waals surface area contributed by atoms with Crippen molar-refractivity contribution in [2.75, 3.05) is 0 Å². The summed E-state index contributed by atoms with van der Waals surface area (Å²) in [5.74, 6) is -1.92. The number of hydrogen-bond acceptors (Lipinski definition) is 1. The van der Waals surface area contributed by atoms with E-state index in [1.54, 1.807) is 0 Å². The van der Waals surface area contributed by atoms with Crippen LogP contribution >= 0.6 is 0 Å². The Hall–Kier alpha value is -1.71. The van der Waals surface area contributed by atoms with Gasteiger partial charge in [-0.3, -0.25) is 4.79 Å². The van der Waals surface area contributed by atoms with E-state index in [9.17, 15) is 13.6 Å². The van der Waals surface area contributed by atoms with Gasteiger partial charge < -0.3 is 5.11 Å². The zero-order valence-corrected chi connectivity index (χ0v) is 11.7. The first-order chi connectivity index (χ1) is 9.54. The molecule has 0 spiro atoms. The maximum absolute atomic E-state index is 13.7. The molecule has 0 unspecified atom stereocenters. The van der Waals surface area contributed by atoms with Gasteiger partial charge in [-0.2, -0.15) is 0 Å². The van der Waals surface area contributed by atoms with Gasteiger partial charge in [0.25, 0.3) is 0 Å². The first-order valence-electron chi connectivity index (χ1n) is 6.90. The Morgan fingerprint density at radius 3 is 2.60 bits per heavy atom. The number of halogens is 2. The fourth-order valence-electron chi connectivity index (χ4n) is 2.06. The molecule has 0 saturated carbocycles. The summed E-state index contributed by atoms with van der Waals surface area (Å²) in [4.78, 5) is 10.4. The fraction of sp³-hybridized carbons (Fsp3) is 0.438. The van der Waals surface area contributed by atoms with Crippen molar-refractivity contribution >= 4 is 11.5 Å². The minimum atomic E-state index is -0.799. The minimum Gasteiger partial charge on any atom is -0.481 e. The van der Waals surface area contributed by atoms with Crippen LogP contribution in [0.2, 0.25) is 0 Å². The molecule has 110 valence electrons. The third-order valence-corrected chi connectivity index (χ3v) is 3.03. The van der Waals surface area contributed by atoms with Crippen molar-refractivity contribution < 1.29 is 18.7 Å². The number of aliphatic carboxylic acids is 1. The van der Waals surface area contributed by atoms with Crippen LogP contribution in [0.3, 0.4) is 0 Å². The van der Waals surface area contributed by atoms with E-state index in [4.69, 9.17) is 5.11 Å². The Labute approximate surface area is 118 Å². The first-order valence-corrected chi connectivity index (χ1v) is 6.90. The lowest BCUT2D eigenvalue weighted by Crippen LogP contribution is -1.94. The molecule has 0 aliphatic rings. The second-order valence-electron chi connectivity index (χ2n) is 4.74. The summed E-state index contributed by atoms with van der Waals surface area (Å²) in [5, 5.41) is 8.55. The molecule has 20 heavy (non-hydrogen) atoms.